The number of hydrogen-bond donors (Lipinski definition) is 0. The van der Waals surface area contributed by atoms with Crippen LogP contribution in [0, 0.1) is 6.92 Å². The fraction of sp³-hybridized carbons (Fsp3) is 0.312. The van der Waals surface area contributed by atoms with E-state index < -0.39 is 0 Å². The van der Waals surface area contributed by atoms with E-state index in [2.05, 4.69) is 26.7 Å². The van der Waals surface area contributed by atoms with Crippen molar-refractivity contribution in [2.75, 3.05) is 0 Å². The van der Waals surface area contributed by atoms with Gasteiger partial charge in [-0.15, -0.1) is 10.2 Å². The topological polar surface area (TPSA) is 56.7 Å². The lowest BCUT2D eigenvalue weighted by Gasteiger charge is -2.05. The summed E-state index contributed by atoms with van der Waals surface area (Å²) in [6.07, 6.45) is 2.83. The Kier molecular flexibility index (Phi) is 4.58. The molecule has 22 heavy (non-hydrogen) atoms. The Balaban J connectivity index is 1.69. The van der Waals surface area contributed by atoms with E-state index >= 15 is 0 Å². The van der Waals surface area contributed by atoms with Crippen LogP contribution in [-0.2, 0) is 12.3 Å². The molecule has 0 unspecified atom stereocenters. The zero-order valence-corrected chi connectivity index (χ0v) is 13.5. The molecule has 3 rings (SSSR count). The van der Waals surface area contributed by atoms with E-state index in [1.54, 1.807) is 18.0 Å². The van der Waals surface area contributed by atoms with Gasteiger partial charge in [0.2, 0.25) is 0 Å². The van der Waals surface area contributed by atoms with Gasteiger partial charge in [0.1, 0.15) is 11.6 Å². The summed E-state index contributed by atoms with van der Waals surface area (Å²) in [6.45, 7) is 5.07. The average Bonchev–Trinajstić information content (AvgIpc) is 3.15. The highest BCUT2D eigenvalue weighted by Crippen LogP contribution is 2.27. The highest BCUT2D eigenvalue weighted by atomic mass is 32.2. The van der Waals surface area contributed by atoms with Gasteiger partial charge in [0.15, 0.2) is 5.76 Å². The zero-order valence-electron chi connectivity index (χ0n) is 12.7. The first-order valence-corrected chi connectivity index (χ1v) is 8.29. The average molecular weight is 314 g/mol. The summed E-state index contributed by atoms with van der Waals surface area (Å²) in [7, 11) is 0. The fourth-order valence-corrected chi connectivity index (χ4v) is 2.98. The minimum Gasteiger partial charge on any atom is -0.431 e. The van der Waals surface area contributed by atoms with Crippen LogP contribution < -0.4 is 0 Å². The first-order valence-electron chi connectivity index (χ1n) is 7.30. The van der Waals surface area contributed by atoms with E-state index in [1.165, 1.54) is 0 Å². The molecule has 114 valence electrons. The molecule has 0 amide bonds. The first-order chi connectivity index (χ1) is 10.8. The van der Waals surface area contributed by atoms with Crippen molar-refractivity contribution in [2.45, 2.75) is 37.8 Å². The number of aromatic nitrogens is 4. The molecule has 0 aliphatic rings. The monoisotopic (exact) mass is 314 g/mol. The van der Waals surface area contributed by atoms with Crippen molar-refractivity contribution in [3.8, 4) is 11.3 Å². The van der Waals surface area contributed by atoms with E-state index in [4.69, 9.17) is 4.42 Å². The standard InChI is InChI=1S/C16H18N4OS/c1-3-9-20-12(2)18-19-15(20)11-22-16-17-10-14(21-16)13-7-5-4-6-8-13/h4-8,10H,3,9,11H2,1-2H3. The Morgan fingerprint density at radius 3 is 2.77 bits per heavy atom. The van der Waals surface area contributed by atoms with Gasteiger partial charge in [-0.2, -0.15) is 0 Å². The minimum atomic E-state index is 0.655. The van der Waals surface area contributed by atoms with E-state index in [0.29, 0.717) is 11.0 Å². The van der Waals surface area contributed by atoms with Crippen molar-refractivity contribution in [2.24, 2.45) is 0 Å². The van der Waals surface area contributed by atoms with Crippen molar-refractivity contribution >= 4 is 11.8 Å². The predicted octanol–water partition coefficient (Wildman–Crippen LogP) is 3.94. The molecule has 0 saturated heterocycles. The number of thioether (sulfide) groups is 1. The molecular formula is C16H18N4OS. The molecule has 0 fully saturated rings. The van der Waals surface area contributed by atoms with Crippen LogP contribution in [0.1, 0.15) is 25.0 Å². The van der Waals surface area contributed by atoms with E-state index in [-0.39, 0.29) is 0 Å². The summed E-state index contributed by atoms with van der Waals surface area (Å²) in [5.74, 6) is 3.41. The predicted molar refractivity (Wildman–Crippen MR) is 86.6 cm³/mol. The van der Waals surface area contributed by atoms with Gasteiger partial charge in [-0.3, -0.25) is 0 Å². The van der Waals surface area contributed by atoms with Gasteiger partial charge in [-0.1, -0.05) is 49.0 Å². The second-order valence-corrected chi connectivity index (χ2v) is 5.89. The molecule has 0 atom stereocenters. The van der Waals surface area contributed by atoms with Gasteiger partial charge in [-0.05, 0) is 13.3 Å². The number of aryl methyl sites for hydroxylation is 1. The van der Waals surface area contributed by atoms with Gasteiger partial charge in [0.25, 0.3) is 5.22 Å². The van der Waals surface area contributed by atoms with Crippen LogP contribution in [0.2, 0.25) is 0 Å². The smallest absolute Gasteiger partial charge is 0.256 e. The summed E-state index contributed by atoms with van der Waals surface area (Å²) < 4.78 is 7.94. The summed E-state index contributed by atoms with van der Waals surface area (Å²) in [5.41, 5.74) is 1.03. The Morgan fingerprint density at radius 1 is 1.18 bits per heavy atom. The third-order valence-corrected chi connectivity index (χ3v) is 4.17. The van der Waals surface area contributed by atoms with Crippen LogP contribution in [0.25, 0.3) is 11.3 Å². The van der Waals surface area contributed by atoms with Crippen LogP contribution in [0.15, 0.2) is 46.2 Å². The quantitative estimate of drug-likeness (QED) is 0.645. The number of benzene rings is 1. The third kappa shape index (κ3) is 3.22. The Bertz CT molecular complexity index is 736. The van der Waals surface area contributed by atoms with Crippen LogP contribution in [0.4, 0.5) is 0 Å². The second kappa shape index (κ2) is 6.79. The molecule has 0 bridgehead atoms. The Morgan fingerprint density at radius 2 is 2.00 bits per heavy atom. The molecule has 0 aliphatic carbocycles. The minimum absolute atomic E-state index is 0.655. The molecule has 0 spiro atoms. The molecule has 1 aromatic carbocycles. The van der Waals surface area contributed by atoms with Gasteiger partial charge >= 0.3 is 0 Å². The first kappa shape index (κ1) is 14.8. The van der Waals surface area contributed by atoms with Gasteiger partial charge in [0.05, 0.1) is 11.9 Å². The molecule has 6 heteroatoms. The van der Waals surface area contributed by atoms with Crippen molar-refractivity contribution in [3.05, 3.63) is 48.2 Å². The largest absolute Gasteiger partial charge is 0.431 e. The Labute approximate surface area is 133 Å². The normalized spacial score (nSPS) is 11.0. The lowest BCUT2D eigenvalue weighted by Crippen LogP contribution is -2.04. The van der Waals surface area contributed by atoms with Crippen molar-refractivity contribution in [3.63, 3.8) is 0 Å². The highest BCUT2D eigenvalue weighted by molar-refractivity contribution is 7.98. The van der Waals surface area contributed by atoms with Crippen molar-refractivity contribution in [1.29, 1.82) is 0 Å². The number of nitrogens with zero attached hydrogens (tertiary/aromatic N) is 4. The maximum absolute atomic E-state index is 5.79. The molecule has 0 radical (unpaired) electrons. The van der Waals surface area contributed by atoms with Crippen LogP contribution in [-0.4, -0.2) is 19.7 Å². The van der Waals surface area contributed by atoms with Crippen molar-refractivity contribution < 1.29 is 4.42 Å². The van der Waals surface area contributed by atoms with E-state index in [9.17, 15) is 0 Å². The summed E-state index contributed by atoms with van der Waals surface area (Å²) in [6, 6.07) is 9.98. The molecule has 5 nitrogen and oxygen atoms in total. The third-order valence-electron chi connectivity index (χ3n) is 3.33. The van der Waals surface area contributed by atoms with Gasteiger partial charge in [-0.25, -0.2) is 4.98 Å². The molecular weight excluding hydrogens is 296 g/mol. The Hall–Kier alpha value is -2.08. The molecule has 0 saturated carbocycles. The lowest BCUT2D eigenvalue weighted by molar-refractivity contribution is 0.466. The molecule has 2 aromatic heterocycles. The molecule has 3 aromatic rings. The van der Waals surface area contributed by atoms with Crippen LogP contribution in [0.5, 0.6) is 0 Å². The van der Waals surface area contributed by atoms with Crippen LogP contribution >= 0.6 is 11.8 Å². The molecule has 2 heterocycles. The SMILES string of the molecule is CCCn1c(C)nnc1CSc1ncc(-c2ccccc2)o1. The lowest BCUT2D eigenvalue weighted by atomic mass is 10.2. The number of rotatable bonds is 6. The highest BCUT2D eigenvalue weighted by Gasteiger charge is 2.11. The summed E-state index contributed by atoms with van der Waals surface area (Å²) >= 11 is 1.54. The summed E-state index contributed by atoms with van der Waals surface area (Å²) in [4.78, 5) is 4.33. The maximum atomic E-state index is 5.79. The van der Waals surface area contributed by atoms with Crippen molar-refractivity contribution in [1.82, 2.24) is 19.7 Å². The molecule has 0 aliphatic heterocycles. The second-order valence-electron chi connectivity index (χ2n) is 4.96. The van der Waals surface area contributed by atoms with E-state index in [1.807, 2.05) is 37.3 Å². The zero-order chi connectivity index (χ0) is 15.4. The van der Waals surface area contributed by atoms with Crippen LogP contribution in [0.3, 0.4) is 0 Å². The van der Waals surface area contributed by atoms with Gasteiger partial charge in [0, 0.05) is 12.1 Å². The maximum Gasteiger partial charge on any atom is 0.256 e. The van der Waals surface area contributed by atoms with E-state index in [0.717, 1.165) is 35.9 Å². The number of oxazole rings is 1. The number of hydrogen-bond acceptors (Lipinski definition) is 5. The fourth-order valence-electron chi connectivity index (χ4n) is 2.23. The molecule has 0 N–H and O–H groups in total. The summed E-state index contributed by atoms with van der Waals surface area (Å²) in [5, 5.41) is 9.04. The van der Waals surface area contributed by atoms with Gasteiger partial charge < -0.3 is 8.98 Å².